The molecule has 21 heavy (non-hydrogen) atoms. The van der Waals surface area contributed by atoms with Crippen molar-refractivity contribution in [1.29, 1.82) is 0 Å². The highest BCUT2D eigenvalue weighted by molar-refractivity contribution is 5.95. The molecule has 0 aromatic heterocycles. The van der Waals surface area contributed by atoms with Crippen molar-refractivity contribution in [3.05, 3.63) is 30.3 Å². The van der Waals surface area contributed by atoms with Gasteiger partial charge in [0.2, 0.25) is 5.91 Å². The number of hydrogen-bond acceptors (Lipinski definition) is 2. The SMILES string of the molecule is CCNC(=O)CN=C(Nc1ccccc1)N1CCCCC1. The molecule has 1 aliphatic heterocycles. The van der Waals surface area contributed by atoms with Gasteiger partial charge in [-0.3, -0.25) is 4.79 Å². The topological polar surface area (TPSA) is 56.7 Å². The summed E-state index contributed by atoms with van der Waals surface area (Å²) < 4.78 is 0. The summed E-state index contributed by atoms with van der Waals surface area (Å²) in [6.45, 7) is 4.70. The number of nitrogens with zero attached hydrogens (tertiary/aromatic N) is 2. The van der Waals surface area contributed by atoms with Crippen molar-refractivity contribution in [2.75, 3.05) is 31.5 Å². The van der Waals surface area contributed by atoms with Crippen LogP contribution in [-0.2, 0) is 4.79 Å². The monoisotopic (exact) mass is 288 g/mol. The average molecular weight is 288 g/mol. The number of para-hydroxylation sites is 1. The average Bonchev–Trinajstić information content (AvgIpc) is 2.53. The molecule has 0 unspecified atom stereocenters. The van der Waals surface area contributed by atoms with Gasteiger partial charge in [-0.1, -0.05) is 18.2 Å². The molecule has 114 valence electrons. The lowest BCUT2D eigenvalue weighted by Gasteiger charge is -2.30. The number of piperidine rings is 1. The molecule has 5 nitrogen and oxygen atoms in total. The van der Waals surface area contributed by atoms with Crippen molar-refractivity contribution >= 4 is 17.6 Å². The molecule has 2 rings (SSSR count). The van der Waals surface area contributed by atoms with Gasteiger partial charge in [-0.05, 0) is 38.3 Å². The molecule has 0 bridgehead atoms. The number of nitrogens with one attached hydrogen (secondary N) is 2. The quantitative estimate of drug-likeness (QED) is 0.659. The number of benzene rings is 1. The zero-order valence-corrected chi connectivity index (χ0v) is 12.6. The van der Waals surface area contributed by atoms with Crippen LogP contribution in [0.1, 0.15) is 26.2 Å². The second-order valence-electron chi connectivity index (χ2n) is 5.13. The second kappa shape index (κ2) is 8.29. The van der Waals surface area contributed by atoms with Gasteiger partial charge in [0.25, 0.3) is 0 Å². The highest BCUT2D eigenvalue weighted by Gasteiger charge is 2.15. The number of rotatable bonds is 4. The Hall–Kier alpha value is -2.04. The normalized spacial score (nSPS) is 15.7. The van der Waals surface area contributed by atoms with Crippen LogP contribution < -0.4 is 10.6 Å². The van der Waals surface area contributed by atoms with Crippen molar-refractivity contribution in [2.24, 2.45) is 4.99 Å². The molecule has 5 heteroatoms. The van der Waals surface area contributed by atoms with Crippen LogP contribution in [0.15, 0.2) is 35.3 Å². The van der Waals surface area contributed by atoms with E-state index in [1.807, 2.05) is 37.3 Å². The summed E-state index contributed by atoms with van der Waals surface area (Å²) in [4.78, 5) is 18.3. The lowest BCUT2D eigenvalue weighted by molar-refractivity contribution is -0.119. The molecule has 0 saturated carbocycles. The summed E-state index contributed by atoms with van der Waals surface area (Å²) in [5.41, 5.74) is 0.998. The van der Waals surface area contributed by atoms with E-state index < -0.39 is 0 Å². The minimum absolute atomic E-state index is 0.0399. The van der Waals surface area contributed by atoms with E-state index >= 15 is 0 Å². The maximum atomic E-state index is 11.6. The van der Waals surface area contributed by atoms with Crippen LogP contribution in [-0.4, -0.2) is 42.9 Å². The number of hydrogen-bond donors (Lipinski definition) is 2. The minimum Gasteiger partial charge on any atom is -0.355 e. The summed E-state index contributed by atoms with van der Waals surface area (Å²) in [6.07, 6.45) is 3.62. The van der Waals surface area contributed by atoms with Crippen molar-refractivity contribution in [2.45, 2.75) is 26.2 Å². The van der Waals surface area contributed by atoms with Gasteiger partial charge in [-0.15, -0.1) is 0 Å². The molecule has 1 fully saturated rings. The van der Waals surface area contributed by atoms with Crippen LogP contribution in [0.5, 0.6) is 0 Å². The number of carbonyl (C=O) groups is 1. The fourth-order valence-corrected chi connectivity index (χ4v) is 2.37. The van der Waals surface area contributed by atoms with Gasteiger partial charge in [-0.2, -0.15) is 0 Å². The lowest BCUT2D eigenvalue weighted by atomic mass is 10.1. The van der Waals surface area contributed by atoms with E-state index in [0.717, 1.165) is 24.7 Å². The van der Waals surface area contributed by atoms with Crippen LogP contribution in [0.4, 0.5) is 5.69 Å². The molecular formula is C16H24N4O. The summed E-state index contributed by atoms with van der Waals surface area (Å²) in [5.74, 6) is 0.758. The number of aliphatic imine (C=N–C) groups is 1. The molecule has 1 amide bonds. The van der Waals surface area contributed by atoms with Crippen LogP contribution in [0, 0.1) is 0 Å². The maximum Gasteiger partial charge on any atom is 0.241 e. The molecule has 0 spiro atoms. The van der Waals surface area contributed by atoms with Crippen LogP contribution >= 0.6 is 0 Å². The Bertz CT molecular complexity index is 466. The molecule has 1 heterocycles. The van der Waals surface area contributed by atoms with Gasteiger partial charge < -0.3 is 15.5 Å². The number of likely N-dealkylation sites (tertiary alicyclic amines) is 1. The van der Waals surface area contributed by atoms with E-state index in [1.165, 1.54) is 19.3 Å². The Morgan fingerprint density at radius 1 is 1.19 bits per heavy atom. The van der Waals surface area contributed by atoms with Gasteiger partial charge in [0.15, 0.2) is 5.96 Å². The summed E-state index contributed by atoms with van der Waals surface area (Å²) in [5, 5.41) is 6.12. The van der Waals surface area contributed by atoms with E-state index in [1.54, 1.807) is 0 Å². The smallest absolute Gasteiger partial charge is 0.241 e. The maximum absolute atomic E-state index is 11.6. The van der Waals surface area contributed by atoms with Gasteiger partial charge >= 0.3 is 0 Å². The predicted molar refractivity (Wildman–Crippen MR) is 86.5 cm³/mol. The number of likely N-dealkylation sites (N-methyl/N-ethyl adjacent to an activating group) is 1. The lowest BCUT2D eigenvalue weighted by Crippen LogP contribution is -2.40. The predicted octanol–water partition coefficient (Wildman–Crippen LogP) is 2.08. The standard InChI is InChI=1S/C16H24N4O/c1-2-17-15(21)13-18-16(20-11-7-4-8-12-20)19-14-9-5-3-6-10-14/h3,5-6,9-10H,2,4,7-8,11-13H2,1H3,(H,17,21)(H,18,19). The van der Waals surface area contributed by atoms with Gasteiger partial charge in [0, 0.05) is 25.3 Å². The highest BCUT2D eigenvalue weighted by atomic mass is 16.1. The van der Waals surface area contributed by atoms with Crippen molar-refractivity contribution < 1.29 is 4.79 Å². The van der Waals surface area contributed by atoms with Crippen molar-refractivity contribution in [3.8, 4) is 0 Å². The molecule has 1 aromatic rings. The number of carbonyl (C=O) groups excluding carboxylic acids is 1. The third-order valence-electron chi connectivity index (χ3n) is 3.43. The number of amides is 1. The number of guanidine groups is 1. The first-order valence-corrected chi connectivity index (χ1v) is 7.67. The van der Waals surface area contributed by atoms with Gasteiger partial charge in [-0.25, -0.2) is 4.99 Å². The Morgan fingerprint density at radius 3 is 2.57 bits per heavy atom. The summed E-state index contributed by atoms with van der Waals surface area (Å²) >= 11 is 0. The molecule has 0 radical (unpaired) electrons. The van der Waals surface area contributed by atoms with E-state index in [2.05, 4.69) is 20.5 Å². The van der Waals surface area contributed by atoms with E-state index in [4.69, 9.17) is 0 Å². The first-order valence-electron chi connectivity index (χ1n) is 7.67. The Morgan fingerprint density at radius 2 is 1.90 bits per heavy atom. The Labute approximate surface area is 126 Å². The van der Waals surface area contributed by atoms with E-state index in [0.29, 0.717) is 6.54 Å². The fraction of sp³-hybridized carbons (Fsp3) is 0.500. The zero-order chi connectivity index (χ0) is 14.9. The zero-order valence-electron chi connectivity index (χ0n) is 12.6. The largest absolute Gasteiger partial charge is 0.355 e. The van der Waals surface area contributed by atoms with Crippen molar-refractivity contribution in [3.63, 3.8) is 0 Å². The number of anilines is 1. The molecule has 0 aliphatic carbocycles. The molecule has 1 saturated heterocycles. The van der Waals surface area contributed by atoms with Crippen molar-refractivity contribution in [1.82, 2.24) is 10.2 Å². The second-order valence-corrected chi connectivity index (χ2v) is 5.13. The molecule has 1 aromatic carbocycles. The molecule has 1 aliphatic rings. The molecular weight excluding hydrogens is 264 g/mol. The van der Waals surface area contributed by atoms with Crippen LogP contribution in [0.2, 0.25) is 0 Å². The van der Waals surface area contributed by atoms with Crippen LogP contribution in [0.25, 0.3) is 0 Å². The third-order valence-corrected chi connectivity index (χ3v) is 3.43. The Kier molecular flexibility index (Phi) is 6.06. The first-order chi connectivity index (χ1) is 10.3. The third kappa shape index (κ3) is 5.10. The van der Waals surface area contributed by atoms with E-state index in [-0.39, 0.29) is 12.5 Å². The summed E-state index contributed by atoms with van der Waals surface area (Å²) in [6, 6.07) is 9.97. The molecule has 2 N–H and O–H groups in total. The van der Waals surface area contributed by atoms with Crippen LogP contribution in [0.3, 0.4) is 0 Å². The van der Waals surface area contributed by atoms with Gasteiger partial charge in [0.1, 0.15) is 6.54 Å². The summed E-state index contributed by atoms with van der Waals surface area (Å²) in [7, 11) is 0. The highest BCUT2D eigenvalue weighted by Crippen LogP contribution is 2.12. The molecule has 0 atom stereocenters. The minimum atomic E-state index is -0.0399. The van der Waals surface area contributed by atoms with E-state index in [9.17, 15) is 4.79 Å². The Balaban J connectivity index is 2.05. The first kappa shape index (κ1) is 15.4. The fourth-order valence-electron chi connectivity index (χ4n) is 2.37. The van der Waals surface area contributed by atoms with Gasteiger partial charge in [0.05, 0.1) is 0 Å².